The molecule has 1 nitrogen and oxygen atoms in total. The maximum atomic E-state index is 3.40. The quantitative estimate of drug-likeness (QED) is 0.522. The van der Waals surface area contributed by atoms with Gasteiger partial charge < -0.3 is 5.32 Å². The van der Waals surface area contributed by atoms with Crippen LogP contribution in [-0.4, -0.2) is 17.9 Å². The highest BCUT2D eigenvalue weighted by Gasteiger charge is 1.93. The third kappa shape index (κ3) is 6.32. The molecule has 0 radical (unpaired) electrons. The highest BCUT2D eigenvalue weighted by molar-refractivity contribution is 9.09. The number of alkyl halides is 1. The Bertz CT molecular complexity index is 56.9. The van der Waals surface area contributed by atoms with E-state index in [0.717, 1.165) is 11.9 Å². The predicted molar refractivity (Wildman–Crippen MR) is 46.2 cm³/mol. The normalized spacial score (nSPS) is 13.7. The van der Waals surface area contributed by atoms with E-state index < -0.39 is 0 Å². The summed E-state index contributed by atoms with van der Waals surface area (Å²) in [5, 5.41) is 4.51. The molecule has 0 saturated heterocycles. The van der Waals surface area contributed by atoms with Gasteiger partial charge in [-0.25, -0.2) is 0 Å². The van der Waals surface area contributed by atoms with Crippen molar-refractivity contribution in [2.24, 2.45) is 0 Å². The summed E-state index contributed by atoms with van der Waals surface area (Å²) in [4.78, 5) is 0. The van der Waals surface area contributed by atoms with Gasteiger partial charge in [0, 0.05) is 11.4 Å². The summed E-state index contributed by atoms with van der Waals surface area (Å²) in [6.07, 6.45) is 2.45. The molecule has 9 heavy (non-hydrogen) atoms. The van der Waals surface area contributed by atoms with Crippen molar-refractivity contribution >= 4 is 15.9 Å². The van der Waals surface area contributed by atoms with Gasteiger partial charge in [0.05, 0.1) is 0 Å². The summed E-state index contributed by atoms with van der Waals surface area (Å²) in [7, 11) is 0. The third-order valence-corrected chi connectivity index (χ3v) is 1.98. The first-order valence-corrected chi connectivity index (χ1v) is 4.72. The van der Waals surface area contributed by atoms with E-state index in [1.165, 1.54) is 12.8 Å². The van der Waals surface area contributed by atoms with Crippen LogP contribution < -0.4 is 5.32 Å². The van der Waals surface area contributed by atoms with E-state index in [1.54, 1.807) is 0 Å². The first kappa shape index (κ1) is 9.44. The lowest BCUT2D eigenvalue weighted by Crippen LogP contribution is -2.26. The minimum Gasteiger partial charge on any atom is -0.314 e. The molecule has 0 aromatic heterocycles. The average Bonchev–Trinajstić information content (AvgIpc) is 1.89. The molecule has 0 aliphatic heterocycles. The van der Waals surface area contributed by atoms with Crippen LogP contribution in [0.4, 0.5) is 0 Å². The van der Waals surface area contributed by atoms with Crippen LogP contribution in [0.1, 0.15) is 26.7 Å². The Kier molecular flexibility index (Phi) is 6.88. The van der Waals surface area contributed by atoms with Crippen molar-refractivity contribution in [1.82, 2.24) is 5.32 Å². The smallest absolute Gasteiger partial charge is 0.00433 e. The van der Waals surface area contributed by atoms with Crippen molar-refractivity contribution in [2.45, 2.75) is 32.7 Å². The molecular weight excluding hydrogens is 178 g/mol. The Morgan fingerprint density at radius 2 is 2.22 bits per heavy atom. The Labute approximate surface area is 66.3 Å². The van der Waals surface area contributed by atoms with Gasteiger partial charge >= 0.3 is 0 Å². The zero-order valence-electron chi connectivity index (χ0n) is 6.28. The molecule has 1 N–H and O–H groups in total. The van der Waals surface area contributed by atoms with Crippen molar-refractivity contribution < 1.29 is 0 Å². The number of hydrogen-bond acceptors (Lipinski definition) is 1. The van der Waals surface area contributed by atoms with Gasteiger partial charge in [-0.05, 0) is 26.3 Å². The summed E-state index contributed by atoms with van der Waals surface area (Å²) in [5.41, 5.74) is 0. The molecule has 1 unspecified atom stereocenters. The Balaban J connectivity index is 2.88. The van der Waals surface area contributed by atoms with Crippen LogP contribution in [0.15, 0.2) is 0 Å². The maximum absolute atomic E-state index is 3.40. The monoisotopic (exact) mass is 193 g/mol. The molecule has 0 bridgehead atoms. The number of rotatable bonds is 5. The lowest BCUT2D eigenvalue weighted by Gasteiger charge is -2.09. The minimum atomic E-state index is 0.684. The second-order valence-electron chi connectivity index (χ2n) is 2.31. The number of halogens is 1. The van der Waals surface area contributed by atoms with Gasteiger partial charge in [-0.3, -0.25) is 0 Å². The fourth-order valence-electron chi connectivity index (χ4n) is 0.560. The molecule has 0 aliphatic rings. The molecular formula is C7H16BrN. The van der Waals surface area contributed by atoms with Crippen LogP contribution in [-0.2, 0) is 0 Å². The first-order valence-electron chi connectivity index (χ1n) is 3.60. The van der Waals surface area contributed by atoms with Crippen molar-refractivity contribution in [1.29, 1.82) is 0 Å². The SMILES string of the molecule is CCC(C)NCCCBr. The summed E-state index contributed by atoms with van der Waals surface area (Å²) >= 11 is 3.38. The van der Waals surface area contributed by atoms with Crippen molar-refractivity contribution in [2.75, 3.05) is 11.9 Å². The Morgan fingerprint density at radius 1 is 1.56 bits per heavy atom. The molecule has 0 saturated carbocycles. The molecule has 0 spiro atoms. The highest BCUT2D eigenvalue weighted by atomic mass is 79.9. The zero-order chi connectivity index (χ0) is 7.11. The largest absolute Gasteiger partial charge is 0.314 e. The molecule has 2 heteroatoms. The summed E-state index contributed by atoms with van der Waals surface area (Å²) < 4.78 is 0. The van der Waals surface area contributed by atoms with E-state index in [9.17, 15) is 0 Å². The van der Waals surface area contributed by atoms with Crippen molar-refractivity contribution in [3.05, 3.63) is 0 Å². The molecule has 1 atom stereocenters. The third-order valence-electron chi connectivity index (χ3n) is 1.42. The highest BCUT2D eigenvalue weighted by Crippen LogP contribution is 1.89. The minimum absolute atomic E-state index is 0.684. The second kappa shape index (κ2) is 6.56. The van der Waals surface area contributed by atoms with Crippen LogP contribution in [0.3, 0.4) is 0 Å². The van der Waals surface area contributed by atoms with Gasteiger partial charge in [0.25, 0.3) is 0 Å². The number of nitrogens with one attached hydrogen (secondary N) is 1. The fraction of sp³-hybridized carbons (Fsp3) is 1.00. The van der Waals surface area contributed by atoms with E-state index in [1.807, 2.05) is 0 Å². The molecule has 0 rings (SSSR count). The fourth-order valence-corrected chi connectivity index (χ4v) is 0.840. The maximum Gasteiger partial charge on any atom is 0.00433 e. The van der Waals surface area contributed by atoms with Crippen LogP contribution in [0.25, 0.3) is 0 Å². The van der Waals surface area contributed by atoms with Gasteiger partial charge in [-0.1, -0.05) is 22.9 Å². The summed E-state index contributed by atoms with van der Waals surface area (Å²) in [5.74, 6) is 0. The zero-order valence-corrected chi connectivity index (χ0v) is 7.87. The van der Waals surface area contributed by atoms with Crippen molar-refractivity contribution in [3.8, 4) is 0 Å². The molecule has 0 heterocycles. The standard InChI is InChI=1S/C7H16BrN/c1-3-7(2)9-6-4-5-8/h7,9H,3-6H2,1-2H3. The van der Waals surface area contributed by atoms with Crippen molar-refractivity contribution in [3.63, 3.8) is 0 Å². The average molecular weight is 194 g/mol. The predicted octanol–water partition coefficient (Wildman–Crippen LogP) is 2.16. The molecule has 0 aromatic carbocycles. The van der Waals surface area contributed by atoms with E-state index in [2.05, 4.69) is 35.1 Å². The van der Waals surface area contributed by atoms with E-state index in [4.69, 9.17) is 0 Å². The van der Waals surface area contributed by atoms with E-state index >= 15 is 0 Å². The van der Waals surface area contributed by atoms with Gasteiger partial charge in [0.2, 0.25) is 0 Å². The van der Waals surface area contributed by atoms with Gasteiger partial charge in [0.1, 0.15) is 0 Å². The molecule has 0 amide bonds. The lowest BCUT2D eigenvalue weighted by molar-refractivity contribution is 0.535. The summed E-state index contributed by atoms with van der Waals surface area (Å²) in [6.45, 7) is 5.56. The molecule has 0 aromatic rings. The lowest BCUT2D eigenvalue weighted by atomic mass is 10.2. The molecule has 0 fully saturated rings. The van der Waals surface area contributed by atoms with Gasteiger partial charge in [0.15, 0.2) is 0 Å². The van der Waals surface area contributed by atoms with E-state index in [-0.39, 0.29) is 0 Å². The van der Waals surface area contributed by atoms with E-state index in [0.29, 0.717) is 6.04 Å². The summed E-state index contributed by atoms with van der Waals surface area (Å²) in [6, 6.07) is 0.684. The second-order valence-corrected chi connectivity index (χ2v) is 3.10. The van der Waals surface area contributed by atoms with Crippen LogP contribution >= 0.6 is 15.9 Å². The van der Waals surface area contributed by atoms with Gasteiger partial charge in [-0.2, -0.15) is 0 Å². The Hall–Kier alpha value is 0.440. The van der Waals surface area contributed by atoms with Crippen LogP contribution in [0.2, 0.25) is 0 Å². The Morgan fingerprint density at radius 3 is 2.67 bits per heavy atom. The van der Waals surface area contributed by atoms with Crippen LogP contribution in [0, 0.1) is 0 Å². The molecule has 0 aliphatic carbocycles. The first-order chi connectivity index (χ1) is 4.31. The van der Waals surface area contributed by atoms with Crippen LogP contribution in [0.5, 0.6) is 0 Å². The number of hydrogen-bond donors (Lipinski definition) is 1. The topological polar surface area (TPSA) is 12.0 Å². The molecule has 56 valence electrons. The van der Waals surface area contributed by atoms with Gasteiger partial charge in [-0.15, -0.1) is 0 Å².